The van der Waals surface area contributed by atoms with Gasteiger partial charge in [-0.25, -0.2) is 8.42 Å². The highest BCUT2D eigenvalue weighted by molar-refractivity contribution is 7.88. The van der Waals surface area contributed by atoms with Crippen molar-refractivity contribution >= 4 is 10.0 Å². The molecule has 0 spiro atoms. The number of hydrogen-bond donors (Lipinski definition) is 0. The molecule has 1 aromatic carbocycles. The monoisotopic (exact) mass is 292 g/mol. The maximum absolute atomic E-state index is 12.5. The quantitative estimate of drug-likeness (QED) is 0.840. The van der Waals surface area contributed by atoms with Crippen LogP contribution in [0.1, 0.15) is 24.0 Å². The third kappa shape index (κ3) is 2.57. The number of nitriles is 1. The van der Waals surface area contributed by atoms with Crippen LogP contribution in [0.5, 0.6) is 0 Å². The standard InChI is InChI=1S/C14H16N2O3S/c15-7-11-3-1-2-4-12(11)10-20(17,18)16-8-13-5-6-14(9-16)19-13/h1-4,13-14H,5-6,8-10H2. The fraction of sp³-hybridized carbons (Fsp3) is 0.500. The number of rotatable bonds is 3. The number of nitrogens with zero attached hydrogens (tertiary/aromatic N) is 2. The van der Waals surface area contributed by atoms with Crippen molar-refractivity contribution in [1.82, 2.24) is 4.31 Å². The molecule has 0 amide bonds. The van der Waals surface area contributed by atoms with E-state index in [2.05, 4.69) is 0 Å². The minimum Gasteiger partial charge on any atom is -0.372 e. The van der Waals surface area contributed by atoms with Crippen LogP contribution in [-0.2, 0) is 20.5 Å². The fourth-order valence-corrected chi connectivity index (χ4v) is 4.46. The highest BCUT2D eigenvalue weighted by atomic mass is 32.2. The Kier molecular flexibility index (Phi) is 3.50. The number of morpholine rings is 1. The van der Waals surface area contributed by atoms with Crippen LogP contribution in [0.4, 0.5) is 0 Å². The summed E-state index contributed by atoms with van der Waals surface area (Å²) in [5, 5.41) is 9.04. The molecular formula is C14H16N2O3S. The first kappa shape index (κ1) is 13.6. The van der Waals surface area contributed by atoms with Gasteiger partial charge in [-0.1, -0.05) is 18.2 Å². The molecule has 0 radical (unpaired) electrons. The summed E-state index contributed by atoms with van der Waals surface area (Å²) in [5.41, 5.74) is 0.987. The minimum absolute atomic E-state index is 0.0368. The van der Waals surface area contributed by atoms with E-state index in [-0.39, 0.29) is 18.0 Å². The highest BCUT2D eigenvalue weighted by Gasteiger charge is 2.38. The summed E-state index contributed by atoms with van der Waals surface area (Å²) in [6.45, 7) is 0.876. The molecule has 5 nitrogen and oxygen atoms in total. The summed E-state index contributed by atoms with van der Waals surface area (Å²) in [4.78, 5) is 0. The van der Waals surface area contributed by atoms with Crippen molar-refractivity contribution in [3.63, 3.8) is 0 Å². The van der Waals surface area contributed by atoms with Crippen molar-refractivity contribution in [3.05, 3.63) is 35.4 Å². The second-order valence-electron chi connectivity index (χ2n) is 5.30. The molecule has 0 N–H and O–H groups in total. The van der Waals surface area contributed by atoms with E-state index in [0.717, 1.165) is 12.8 Å². The maximum Gasteiger partial charge on any atom is 0.218 e. The van der Waals surface area contributed by atoms with E-state index in [1.807, 2.05) is 6.07 Å². The van der Waals surface area contributed by atoms with Gasteiger partial charge in [-0.05, 0) is 24.5 Å². The van der Waals surface area contributed by atoms with Gasteiger partial charge in [0.2, 0.25) is 10.0 Å². The molecule has 0 aliphatic carbocycles. The van der Waals surface area contributed by atoms with E-state index in [0.29, 0.717) is 24.2 Å². The molecule has 0 saturated carbocycles. The Morgan fingerprint density at radius 1 is 1.25 bits per heavy atom. The molecule has 2 heterocycles. The van der Waals surface area contributed by atoms with Crippen LogP contribution in [0.2, 0.25) is 0 Å². The van der Waals surface area contributed by atoms with Crippen molar-refractivity contribution in [2.75, 3.05) is 13.1 Å². The van der Waals surface area contributed by atoms with Crippen LogP contribution in [0, 0.1) is 11.3 Å². The van der Waals surface area contributed by atoms with Gasteiger partial charge in [-0.2, -0.15) is 9.57 Å². The van der Waals surface area contributed by atoms with Crippen molar-refractivity contribution in [3.8, 4) is 6.07 Å². The van der Waals surface area contributed by atoms with E-state index in [9.17, 15) is 8.42 Å². The lowest BCUT2D eigenvalue weighted by Crippen LogP contribution is -2.46. The van der Waals surface area contributed by atoms with E-state index < -0.39 is 10.0 Å². The Balaban J connectivity index is 1.81. The molecule has 3 rings (SSSR count). The average molecular weight is 292 g/mol. The summed E-state index contributed by atoms with van der Waals surface area (Å²) < 4.78 is 32.2. The molecule has 2 saturated heterocycles. The highest BCUT2D eigenvalue weighted by Crippen LogP contribution is 2.28. The van der Waals surface area contributed by atoms with Crippen molar-refractivity contribution < 1.29 is 13.2 Å². The average Bonchev–Trinajstić information content (AvgIpc) is 2.77. The molecule has 2 unspecified atom stereocenters. The van der Waals surface area contributed by atoms with Crippen LogP contribution < -0.4 is 0 Å². The predicted octanol–water partition coefficient (Wildman–Crippen LogP) is 1.25. The molecule has 2 aliphatic rings. The fourth-order valence-electron chi connectivity index (χ4n) is 2.85. The lowest BCUT2D eigenvalue weighted by atomic mass is 10.1. The molecule has 2 bridgehead atoms. The number of ether oxygens (including phenoxy) is 1. The zero-order chi connectivity index (χ0) is 14.2. The predicted molar refractivity (Wildman–Crippen MR) is 73.2 cm³/mol. The lowest BCUT2D eigenvalue weighted by molar-refractivity contribution is -0.0115. The van der Waals surface area contributed by atoms with E-state index >= 15 is 0 Å². The minimum atomic E-state index is -3.39. The number of sulfonamides is 1. The van der Waals surface area contributed by atoms with Crippen LogP contribution >= 0.6 is 0 Å². The van der Waals surface area contributed by atoms with Gasteiger partial charge in [-0.15, -0.1) is 0 Å². The Morgan fingerprint density at radius 3 is 2.55 bits per heavy atom. The number of fused-ring (bicyclic) bond motifs is 2. The van der Waals surface area contributed by atoms with E-state index in [4.69, 9.17) is 10.00 Å². The van der Waals surface area contributed by atoms with Crippen molar-refractivity contribution in [2.45, 2.75) is 30.8 Å². The van der Waals surface area contributed by atoms with Gasteiger partial charge in [0, 0.05) is 13.1 Å². The second-order valence-corrected chi connectivity index (χ2v) is 7.27. The molecule has 1 aromatic rings. The van der Waals surface area contributed by atoms with Crippen molar-refractivity contribution in [1.29, 1.82) is 5.26 Å². The second kappa shape index (κ2) is 5.17. The number of benzene rings is 1. The normalized spacial score (nSPS) is 26.4. The molecule has 2 fully saturated rings. The van der Waals surface area contributed by atoms with Gasteiger partial charge in [-0.3, -0.25) is 0 Å². The van der Waals surface area contributed by atoms with Gasteiger partial charge in [0.15, 0.2) is 0 Å². The van der Waals surface area contributed by atoms with Gasteiger partial charge in [0.25, 0.3) is 0 Å². The smallest absolute Gasteiger partial charge is 0.218 e. The lowest BCUT2D eigenvalue weighted by Gasteiger charge is -2.31. The maximum atomic E-state index is 12.5. The summed E-state index contributed by atoms with van der Waals surface area (Å²) in [6.07, 6.45) is 1.95. The first-order chi connectivity index (χ1) is 9.58. The zero-order valence-corrected chi connectivity index (χ0v) is 11.8. The SMILES string of the molecule is N#Cc1ccccc1CS(=O)(=O)N1CC2CCC(C1)O2. The summed E-state index contributed by atoms with van der Waals surface area (Å²) in [6, 6.07) is 8.89. The Bertz CT molecular complexity index is 639. The Morgan fingerprint density at radius 2 is 1.90 bits per heavy atom. The van der Waals surface area contributed by atoms with Crippen LogP contribution in [-0.4, -0.2) is 38.0 Å². The first-order valence-electron chi connectivity index (χ1n) is 6.70. The number of hydrogen-bond acceptors (Lipinski definition) is 4. The van der Waals surface area contributed by atoms with Gasteiger partial charge < -0.3 is 4.74 Å². The third-order valence-electron chi connectivity index (χ3n) is 3.88. The first-order valence-corrected chi connectivity index (χ1v) is 8.31. The topological polar surface area (TPSA) is 70.4 Å². The molecule has 6 heteroatoms. The summed E-state index contributed by atoms with van der Waals surface area (Å²) in [7, 11) is -3.39. The largest absolute Gasteiger partial charge is 0.372 e. The van der Waals surface area contributed by atoms with Crippen LogP contribution in [0.15, 0.2) is 24.3 Å². The molecule has 0 aromatic heterocycles. The van der Waals surface area contributed by atoms with E-state index in [1.165, 1.54) is 4.31 Å². The summed E-state index contributed by atoms with van der Waals surface area (Å²) >= 11 is 0. The van der Waals surface area contributed by atoms with Gasteiger partial charge in [0.05, 0.1) is 29.6 Å². The van der Waals surface area contributed by atoms with Crippen LogP contribution in [0.3, 0.4) is 0 Å². The summed E-state index contributed by atoms with van der Waals surface area (Å²) in [5.74, 6) is -0.115. The Hall–Kier alpha value is -1.42. The zero-order valence-electron chi connectivity index (χ0n) is 11.0. The van der Waals surface area contributed by atoms with E-state index in [1.54, 1.807) is 24.3 Å². The van der Waals surface area contributed by atoms with Crippen molar-refractivity contribution in [2.24, 2.45) is 0 Å². The Labute approximate surface area is 118 Å². The molecule has 2 aliphatic heterocycles. The van der Waals surface area contributed by atoms with Gasteiger partial charge in [0.1, 0.15) is 0 Å². The van der Waals surface area contributed by atoms with Crippen LogP contribution in [0.25, 0.3) is 0 Å². The molecule has 2 atom stereocenters. The molecule has 20 heavy (non-hydrogen) atoms. The molecular weight excluding hydrogens is 276 g/mol. The molecule has 106 valence electrons. The third-order valence-corrected chi connectivity index (χ3v) is 5.64. The van der Waals surface area contributed by atoms with Gasteiger partial charge >= 0.3 is 0 Å².